The van der Waals surface area contributed by atoms with Gasteiger partial charge in [0.15, 0.2) is 5.76 Å². The second-order valence-corrected chi connectivity index (χ2v) is 6.41. The number of non-ortho nitro benzene ring substituents is 1. The van der Waals surface area contributed by atoms with E-state index in [4.69, 9.17) is 13.7 Å². The van der Waals surface area contributed by atoms with Gasteiger partial charge in [-0.2, -0.15) is 0 Å². The van der Waals surface area contributed by atoms with Crippen molar-refractivity contribution in [3.63, 3.8) is 0 Å². The summed E-state index contributed by atoms with van der Waals surface area (Å²) in [6, 6.07) is 11.1. The molecule has 0 aliphatic carbocycles. The number of hydrogen-bond acceptors (Lipinski definition) is 8. The van der Waals surface area contributed by atoms with Gasteiger partial charge in [0.05, 0.1) is 11.2 Å². The van der Waals surface area contributed by atoms with Crippen molar-refractivity contribution in [3.05, 3.63) is 69.4 Å². The van der Waals surface area contributed by atoms with Crippen molar-refractivity contribution in [2.75, 3.05) is 0 Å². The second-order valence-electron chi connectivity index (χ2n) is 5.33. The zero-order chi connectivity index (χ0) is 18.1. The SMILES string of the molecule is O=C(OCc1cc(-c2ccco2)on1)c1cc2cc([N+](=O)[O-])ccc2s1. The third-order valence-electron chi connectivity index (χ3n) is 3.59. The molecule has 1 aromatic carbocycles. The molecule has 3 aromatic heterocycles. The number of hydrogen-bond donors (Lipinski definition) is 0. The minimum Gasteiger partial charge on any atom is -0.461 e. The summed E-state index contributed by atoms with van der Waals surface area (Å²) in [5.74, 6) is 0.438. The average Bonchev–Trinajstić information content (AvgIpc) is 3.38. The van der Waals surface area contributed by atoms with Gasteiger partial charge in [-0.25, -0.2) is 4.79 Å². The Kier molecular flexibility index (Phi) is 3.98. The van der Waals surface area contributed by atoms with Crippen LogP contribution >= 0.6 is 11.3 Å². The predicted molar refractivity (Wildman–Crippen MR) is 91.8 cm³/mol. The Hall–Kier alpha value is -3.46. The Labute approximate surface area is 149 Å². The van der Waals surface area contributed by atoms with Crippen molar-refractivity contribution < 1.29 is 23.4 Å². The van der Waals surface area contributed by atoms with Crippen LogP contribution in [0.15, 0.2) is 57.7 Å². The molecule has 0 saturated carbocycles. The molecule has 8 nitrogen and oxygen atoms in total. The maximum absolute atomic E-state index is 12.2. The lowest BCUT2D eigenvalue weighted by molar-refractivity contribution is -0.384. The highest BCUT2D eigenvalue weighted by Gasteiger charge is 2.16. The van der Waals surface area contributed by atoms with Crippen LogP contribution in [0.25, 0.3) is 21.6 Å². The predicted octanol–water partition coefficient (Wildman–Crippen LogP) is 4.41. The van der Waals surface area contributed by atoms with E-state index >= 15 is 0 Å². The smallest absolute Gasteiger partial charge is 0.348 e. The zero-order valence-electron chi connectivity index (χ0n) is 13.1. The first-order chi connectivity index (χ1) is 12.6. The summed E-state index contributed by atoms with van der Waals surface area (Å²) < 4.78 is 16.3. The van der Waals surface area contributed by atoms with E-state index in [2.05, 4.69) is 5.16 Å². The van der Waals surface area contributed by atoms with Crippen LogP contribution in [-0.4, -0.2) is 16.0 Å². The Morgan fingerprint density at radius 1 is 1.23 bits per heavy atom. The molecule has 0 N–H and O–H groups in total. The molecule has 0 bridgehead atoms. The Morgan fingerprint density at radius 3 is 2.88 bits per heavy atom. The zero-order valence-corrected chi connectivity index (χ0v) is 13.9. The third-order valence-corrected chi connectivity index (χ3v) is 4.68. The number of aromatic nitrogens is 1. The first-order valence-corrected chi connectivity index (χ1v) is 8.26. The summed E-state index contributed by atoms with van der Waals surface area (Å²) in [5.41, 5.74) is 0.421. The topological polar surface area (TPSA) is 109 Å². The average molecular weight is 370 g/mol. The molecule has 3 heterocycles. The van der Waals surface area contributed by atoms with Crippen molar-refractivity contribution in [3.8, 4) is 11.5 Å². The van der Waals surface area contributed by atoms with Gasteiger partial charge in [-0.1, -0.05) is 5.16 Å². The Bertz CT molecular complexity index is 1100. The van der Waals surface area contributed by atoms with Crippen LogP contribution in [-0.2, 0) is 11.3 Å². The van der Waals surface area contributed by atoms with Crippen LogP contribution in [0.2, 0.25) is 0 Å². The number of carbonyl (C=O) groups is 1. The van der Waals surface area contributed by atoms with Crippen molar-refractivity contribution >= 4 is 33.1 Å². The molecule has 4 aromatic rings. The number of nitrogens with zero attached hydrogens (tertiary/aromatic N) is 2. The molecule has 0 amide bonds. The lowest BCUT2D eigenvalue weighted by Gasteiger charge is -1.98. The third kappa shape index (κ3) is 3.07. The highest BCUT2D eigenvalue weighted by atomic mass is 32.1. The minimum absolute atomic E-state index is 0.0247. The van der Waals surface area contributed by atoms with E-state index in [1.165, 1.54) is 29.7 Å². The van der Waals surface area contributed by atoms with Gasteiger partial charge in [-0.15, -0.1) is 11.3 Å². The number of rotatable bonds is 5. The van der Waals surface area contributed by atoms with E-state index in [-0.39, 0.29) is 12.3 Å². The number of carbonyl (C=O) groups excluding carboxylic acids is 1. The van der Waals surface area contributed by atoms with Gasteiger partial charge < -0.3 is 13.7 Å². The van der Waals surface area contributed by atoms with Gasteiger partial charge >= 0.3 is 5.97 Å². The Balaban J connectivity index is 1.46. The number of nitro groups is 1. The van der Waals surface area contributed by atoms with Crippen molar-refractivity contribution in [2.24, 2.45) is 0 Å². The number of thiophene rings is 1. The van der Waals surface area contributed by atoms with Crippen LogP contribution in [0.3, 0.4) is 0 Å². The molecule has 0 unspecified atom stereocenters. The van der Waals surface area contributed by atoms with E-state index in [0.717, 1.165) is 4.70 Å². The fourth-order valence-electron chi connectivity index (χ4n) is 2.37. The number of furan rings is 1. The van der Waals surface area contributed by atoms with E-state index < -0.39 is 10.9 Å². The summed E-state index contributed by atoms with van der Waals surface area (Å²) in [5, 5.41) is 15.3. The highest BCUT2D eigenvalue weighted by Crippen LogP contribution is 2.29. The van der Waals surface area contributed by atoms with Gasteiger partial charge in [0.1, 0.15) is 17.2 Å². The van der Waals surface area contributed by atoms with Gasteiger partial charge in [-0.3, -0.25) is 10.1 Å². The largest absolute Gasteiger partial charge is 0.461 e. The second kappa shape index (κ2) is 6.45. The molecule has 0 fully saturated rings. The summed E-state index contributed by atoms with van der Waals surface area (Å²) in [6.07, 6.45) is 1.52. The number of nitro benzene ring substituents is 1. The molecular weight excluding hydrogens is 360 g/mol. The van der Waals surface area contributed by atoms with Crippen LogP contribution < -0.4 is 0 Å². The van der Waals surface area contributed by atoms with E-state index in [0.29, 0.717) is 27.5 Å². The number of esters is 1. The maximum atomic E-state index is 12.2. The lowest BCUT2D eigenvalue weighted by Crippen LogP contribution is -2.03. The molecule has 0 spiro atoms. The van der Waals surface area contributed by atoms with E-state index in [1.807, 2.05) is 0 Å². The Morgan fingerprint density at radius 2 is 2.12 bits per heavy atom. The van der Waals surface area contributed by atoms with Crippen molar-refractivity contribution in [1.82, 2.24) is 5.16 Å². The van der Waals surface area contributed by atoms with E-state index in [1.54, 1.807) is 30.3 Å². The number of fused-ring (bicyclic) bond motifs is 1. The first kappa shape index (κ1) is 16.0. The molecule has 0 radical (unpaired) electrons. The van der Waals surface area contributed by atoms with E-state index in [9.17, 15) is 14.9 Å². The van der Waals surface area contributed by atoms with Gasteiger partial charge in [0.25, 0.3) is 5.69 Å². The number of ether oxygens (including phenoxy) is 1. The molecule has 26 heavy (non-hydrogen) atoms. The standard InChI is InChI=1S/C17H10N2O6S/c20-17(16-7-10-6-12(19(21)22)3-4-15(10)26-16)24-9-11-8-14(25-18-11)13-2-1-5-23-13/h1-8H,9H2. The fraction of sp³-hybridized carbons (Fsp3) is 0.0588. The summed E-state index contributed by atoms with van der Waals surface area (Å²) in [4.78, 5) is 22.9. The molecule has 9 heteroatoms. The molecule has 130 valence electrons. The molecular formula is C17H10N2O6S. The quantitative estimate of drug-likeness (QED) is 0.291. The molecule has 0 atom stereocenters. The van der Waals surface area contributed by atoms with Gasteiger partial charge in [0, 0.05) is 28.3 Å². The number of benzene rings is 1. The first-order valence-electron chi connectivity index (χ1n) is 7.45. The summed E-state index contributed by atoms with van der Waals surface area (Å²) in [7, 11) is 0. The minimum atomic E-state index is -0.531. The van der Waals surface area contributed by atoms with Crippen LogP contribution in [0, 0.1) is 10.1 Å². The normalized spacial score (nSPS) is 10.9. The summed E-state index contributed by atoms with van der Waals surface area (Å²) >= 11 is 1.21. The van der Waals surface area contributed by atoms with Crippen molar-refractivity contribution in [2.45, 2.75) is 6.61 Å². The summed E-state index contributed by atoms with van der Waals surface area (Å²) in [6.45, 7) is -0.0581. The molecule has 4 rings (SSSR count). The highest BCUT2D eigenvalue weighted by molar-refractivity contribution is 7.20. The van der Waals surface area contributed by atoms with Gasteiger partial charge in [0.2, 0.25) is 5.76 Å². The van der Waals surface area contributed by atoms with Crippen LogP contribution in [0.4, 0.5) is 5.69 Å². The molecule has 0 saturated heterocycles. The van der Waals surface area contributed by atoms with Crippen LogP contribution in [0.5, 0.6) is 0 Å². The monoisotopic (exact) mass is 370 g/mol. The molecule has 0 aliphatic heterocycles. The maximum Gasteiger partial charge on any atom is 0.348 e. The lowest BCUT2D eigenvalue weighted by atomic mass is 10.2. The fourth-order valence-corrected chi connectivity index (χ4v) is 3.31. The van der Waals surface area contributed by atoms with Crippen molar-refractivity contribution in [1.29, 1.82) is 0 Å². The van der Waals surface area contributed by atoms with Crippen LogP contribution in [0.1, 0.15) is 15.4 Å². The van der Waals surface area contributed by atoms with Gasteiger partial charge in [-0.05, 0) is 24.3 Å². The molecule has 0 aliphatic rings.